The van der Waals surface area contributed by atoms with E-state index in [0.29, 0.717) is 13.3 Å². The first kappa shape index (κ1) is 13.2. The predicted molar refractivity (Wildman–Crippen MR) is 69.8 cm³/mol. The summed E-state index contributed by atoms with van der Waals surface area (Å²) in [7, 11) is 0. The van der Waals surface area contributed by atoms with Gasteiger partial charge < -0.3 is 19.9 Å². The Morgan fingerprint density at radius 2 is 1.94 bits per heavy atom. The summed E-state index contributed by atoms with van der Waals surface area (Å²) in [5.74, 6) is 1.86. The summed E-state index contributed by atoms with van der Waals surface area (Å²) in [5.41, 5.74) is 1.13. The first-order valence-electron chi connectivity index (χ1n) is 6.39. The number of aliphatic hydroxyl groups is 1. The van der Waals surface area contributed by atoms with Crippen LogP contribution in [0, 0.1) is 5.92 Å². The van der Waals surface area contributed by atoms with Crippen molar-refractivity contribution in [3.63, 3.8) is 0 Å². The molecule has 0 saturated carbocycles. The second-order valence-corrected chi connectivity index (χ2v) is 5.05. The highest BCUT2D eigenvalue weighted by Crippen LogP contribution is 2.34. The van der Waals surface area contributed by atoms with Gasteiger partial charge in [-0.05, 0) is 30.5 Å². The average molecular weight is 251 g/mol. The molecular weight excluding hydrogens is 230 g/mol. The van der Waals surface area contributed by atoms with Crippen LogP contribution >= 0.6 is 0 Å². The average Bonchev–Trinajstić information content (AvgIpc) is 2.82. The molecule has 0 amide bonds. The molecule has 2 atom stereocenters. The fraction of sp³-hybridized carbons (Fsp3) is 0.571. The van der Waals surface area contributed by atoms with Crippen LogP contribution in [0.2, 0.25) is 0 Å². The molecule has 0 spiro atoms. The highest BCUT2D eigenvalue weighted by Gasteiger charge is 2.16. The third kappa shape index (κ3) is 2.94. The van der Waals surface area contributed by atoms with Gasteiger partial charge in [0.2, 0.25) is 6.79 Å². The van der Waals surface area contributed by atoms with Gasteiger partial charge in [0.15, 0.2) is 11.5 Å². The van der Waals surface area contributed by atoms with Crippen LogP contribution in [0.5, 0.6) is 11.5 Å². The molecule has 100 valence electrons. The van der Waals surface area contributed by atoms with E-state index in [4.69, 9.17) is 9.47 Å². The molecular formula is C14H21NO3. The van der Waals surface area contributed by atoms with Gasteiger partial charge in [-0.1, -0.05) is 19.9 Å². The van der Waals surface area contributed by atoms with E-state index in [1.807, 2.05) is 32.0 Å². The van der Waals surface area contributed by atoms with Crippen LogP contribution in [-0.4, -0.2) is 24.5 Å². The molecule has 0 aliphatic carbocycles. The highest BCUT2D eigenvalue weighted by molar-refractivity contribution is 5.45. The topological polar surface area (TPSA) is 50.7 Å². The Labute approximate surface area is 108 Å². The zero-order chi connectivity index (χ0) is 13.1. The molecule has 2 rings (SSSR count). The van der Waals surface area contributed by atoms with Gasteiger partial charge in [-0.3, -0.25) is 0 Å². The second kappa shape index (κ2) is 5.59. The zero-order valence-electron chi connectivity index (χ0n) is 11.1. The maximum absolute atomic E-state index is 9.77. The van der Waals surface area contributed by atoms with Crippen LogP contribution in [0.3, 0.4) is 0 Å². The van der Waals surface area contributed by atoms with E-state index in [1.54, 1.807) is 0 Å². The van der Waals surface area contributed by atoms with Crippen LogP contribution in [-0.2, 0) is 0 Å². The lowest BCUT2D eigenvalue weighted by Crippen LogP contribution is -2.32. The van der Waals surface area contributed by atoms with Gasteiger partial charge in [0.05, 0.1) is 6.10 Å². The van der Waals surface area contributed by atoms with Crippen molar-refractivity contribution in [1.82, 2.24) is 5.32 Å². The molecule has 0 aromatic heterocycles. The molecule has 1 aromatic rings. The molecule has 1 aromatic carbocycles. The fourth-order valence-electron chi connectivity index (χ4n) is 1.83. The Bertz CT molecular complexity index is 406. The van der Waals surface area contributed by atoms with Gasteiger partial charge in [-0.15, -0.1) is 0 Å². The molecule has 0 radical (unpaired) electrons. The van der Waals surface area contributed by atoms with Gasteiger partial charge in [-0.2, -0.15) is 0 Å². The van der Waals surface area contributed by atoms with Gasteiger partial charge >= 0.3 is 0 Å². The summed E-state index contributed by atoms with van der Waals surface area (Å²) in [6.45, 7) is 6.99. The molecule has 0 saturated heterocycles. The maximum Gasteiger partial charge on any atom is 0.231 e. The molecule has 1 heterocycles. The van der Waals surface area contributed by atoms with Crippen molar-refractivity contribution in [1.29, 1.82) is 0 Å². The van der Waals surface area contributed by atoms with Gasteiger partial charge in [0, 0.05) is 12.6 Å². The van der Waals surface area contributed by atoms with Crippen LogP contribution in [0.25, 0.3) is 0 Å². The molecule has 2 N–H and O–H groups in total. The second-order valence-electron chi connectivity index (χ2n) is 5.05. The Morgan fingerprint density at radius 1 is 1.22 bits per heavy atom. The van der Waals surface area contributed by atoms with Crippen LogP contribution in [0.1, 0.15) is 32.4 Å². The quantitative estimate of drug-likeness (QED) is 0.841. The third-order valence-corrected chi connectivity index (χ3v) is 3.30. The van der Waals surface area contributed by atoms with Crippen molar-refractivity contribution in [3.8, 4) is 11.5 Å². The molecule has 1 aliphatic rings. The molecule has 0 bridgehead atoms. The summed E-state index contributed by atoms with van der Waals surface area (Å²) >= 11 is 0. The van der Waals surface area contributed by atoms with E-state index in [0.717, 1.165) is 17.1 Å². The number of hydrogen-bond acceptors (Lipinski definition) is 4. The van der Waals surface area contributed by atoms with E-state index >= 15 is 0 Å². The van der Waals surface area contributed by atoms with Crippen molar-refractivity contribution >= 4 is 0 Å². The summed E-state index contributed by atoms with van der Waals surface area (Å²) in [4.78, 5) is 0. The Kier molecular flexibility index (Phi) is 4.09. The minimum Gasteiger partial charge on any atom is -0.454 e. The monoisotopic (exact) mass is 251 g/mol. The standard InChI is InChI=1S/C14H21NO3/c1-9(2)12(16)7-15-10(3)11-4-5-13-14(6-11)18-8-17-13/h4-6,9-10,12,15-16H,7-8H2,1-3H3. The molecule has 18 heavy (non-hydrogen) atoms. The summed E-state index contributed by atoms with van der Waals surface area (Å²) < 4.78 is 10.6. The number of rotatable bonds is 5. The van der Waals surface area contributed by atoms with Crippen molar-refractivity contribution < 1.29 is 14.6 Å². The van der Waals surface area contributed by atoms with Gasteiger partial charge in [-0.25, -0.2) is 0 Å². The molecule has 4 nitrogen and oxygen atoms in total. The number of fused-ring (bicyclic) bond motifs is 1. The minimum absolute atomic E-state index is 0.174. The molecule has 0 fully saturated rings. The smallest absolute Gasteiger partial charge is 0.231 e. The van der Waals surface area contributed by atoms with E-state index in [2.05, 4.69) is 12.2 Å². The first-order valence-corrected chi connectivity index (χ1v) is 6.39. The SMILES string of the molecule is CC(NCC(O)C(C)C)c1ccc2c(c1)OCO2. The zero-order valence-corrected chi connectivity index (χ0v) is 11.1. The number of aliphatic hydroxyl groups excluding tert-OH is 1. The summed E-state index contributed by atoms with van der Waals surface area (Å²) in [5, 5.41) is 13.1. The number of hydrogen-bond donors (Lipinski definition) is 2. The first-order chi connectivity index (χ1) is 8.58. The maximum atomic E-state index is 9.77. The number of nitrogens with one attached hydrogen (secondary N) is 1. The van der Waals surface area contributed by atoms with Crippen molar-refractivity contribution in [2.24, 2.45) is 5.92 Å². The lowest BCUT2D eigenvalue weighted by molar-refractivity contribution is 0.120. The molecule has 4 heteroatoms. The van der Waals surface area contributed by atoms with Crippen LogP contribution in [0.4, 0.5) is 0 Å². The van der Waals surface area contributed by atoms with Gasteiger partial charge in [0.1, 0.15) is 0 Å². The molecule has 2 unspecified atom stereocenters. The van der Waals surface area contributed by atoms with Crippen LogP contribution in [0.15, 0.2) is 18.2 Å². The minimum atomic E-state index is -0.318. The molecule has 1 aliphatic heterocycles. The summed E-state index contributed by atoms with van der Waals surface area (Å²) in [6.07, 6.45) is -0.318. The van der Waals surface area contributed by atoms with E-state index in [1.165, 1.54) is 0 Å². The lowest BCUT2D eigenvalue weighted by atomic mass is 10.1. The Morgan fingerprint density at radius 3 is 2.67 bits per heavy atom. The van der Waals surface area contributed by atoms with Crippen molar-refractivity contribution in [3.05, 3.63) is 23.8 Å². The highest BCUT2D eigenvalue weighted by atomic mass is 16.7. The van der Waals surface area contributed by atoms with Gasteiger partial charge in [0.25, 0.3) is 0 Å². The lowest BCUT2D eigenvalue weighted by Gasteiger charge is -2.19. The predicted octanol–water partition coefficient (Wildman–Crippen LogP) is 2.08. The Hall–Kier alpha value is -1.26. The third-order valence-electron chi connectivity index (χ3n) is 3.30. The fourth-order valence-corrected chi connectivity index (χ4v) is 1.83. The van der Waals surface area contributed by atoms with Crippen molar-refractivity contribution in [2.45, 2.75) is 32.9 Å². The van der Waals surface area contributed by atoms with Crippen molar-refractivity contribution in [2.75, 3.05) is 13.3 Å². The van der Waals surface area contributed by atoms with Crippen LogP contribution < -0.4 is 14.8 Å². The van der Waals surface area contributed by atoms with E-state index < -0.39 is 0 Å². The number of ether oxygens (including phenoxy) is 2. The Balaban J connectivity index is 1.95. The largest absolute Gasteiger partial charge is 0.454 e. The van der Waals surface area contributed by atoms with E-state index in [9.17, 15) is 5.11 Å². The number of benzene rings is 1. The normalized spacial score (nSPS) is 16.9. The summed E-state index contributed by atoms with van der Waals surface area (Å²) in [6, 6.07) is 6.11. The van der Waals surface area contributed by atoms with E-state index in [-0.39, 0.29) is 18.1 Å².